The van der Waals surface area contributed by atoms with Crippen LogP contribution in [0.5, 0.6) is 11.5 Å². The van der Waals surface area contributed by atoms with Gasteiger partial charge < -0.3 is 10.2 Å². The quantitative estimate of drug-likeness (QED) is 0.782. The highest BCUT2D eigenvalue weighted by Gasteiger charge is 2.13. The van der Waals surface area contributed by atoms with Gasteiger partial charge in [0, 0.05) is 11.6 Å². The summed E-state index contributed by atoms with van der Waals surface area (Å²) < 4.78 is 12.8. The van der Waals surface area contributed by atoms with Crippen LogP contribution in [-0.2, 0) is 0 Å². The summed E-state index contributed by atoms with van der Waals surface area (Å²) in [6, 6.07) is 8.81. The lowest BCUT2D eigenvalue weighted by atomic mass is 10.0. The highest BCUT2D eigenvalue weighted by molar-refractivity contribution is 6.10. The average Bonchev–Trinajstić information content (AvgIpc) is 2.29. The van der Waals surface area contributed by atoms with Crippen molar-refractivity contribution in [1.29, 1.82) is 0 Å². The summed E-state index contributed by atoms with van der Waals surface area (Å²) in [5.74, 6) is -1.39. The highest BCUT2D eigenvalue weighted by Crippen LogP contribution is 2.22. The molecule has 17 heavy (non-hydrogen) atoms. The zero-order chi connectivity index (χ0) is 12.4. The molecule has 0 fully saturated rings. The van der Waals surface area contributed by atoms with Crippen molar-refractivity contribution in [3.05, 3.63) is 59.4 Å². The van der Waals surface area contributed by atoms with Gasteiger partial charge in [0.2, 0.25) is 0 Å². The molecule has 0 aliphatic carbocycles. The van der Waals surface area contributed by atoms with Crippen LogP contribution in [0.4, 0.5) is 4.39 Å². The van der Waals surface area contributed by atoms with Gasteiger partial charge in [-0.2, -0.15) is 0 Å². The second kappa shape index (κ2) is 4.25. The lowest BCUT2D eigenvalue weighted by molar-refractivity contribution is 0.103. The number of hydrogen-bond donors (Lipinski definition) is 2. The maximum absolute atomic E-state index is 12.8. The molecule has 0 atom stereocenters. The largest absolute Gasteiger partial charge is 0.508 e. The van der Waals surface area contributed by atoms with Crippen LogP contribution in [0.1, 0.15) is 15.9 Å². The molecule has 4 heteroatoms. The Kier molecular flexibility index (Phi) is 2.78. The molecule has 0 amide bonds. The predicted molar refractivity (Wildman–Crippen MR) is 59.6 cm³/mol. The zero-order valence-electron chi connectivity index (χ0n) is 8.72. The van der Waals surface area contributed by atoms with Crippen molar-refractivity contribution >= 4 is 5.78 Å². The number of benzene rings is 2. The monoisotopic (exact) mass is 232 g/mol. The van der Waals surface area contributed by atoms with E-state index in [1.165, 1.54) is 30.3 Å². The van der Waals surface area contributed by atoms with Crippen LogP contribution in [0.3, 0.4) is 0 Å². The molecule has 0 aromatic heterocycles. The van der Waals surface area contributed by atoms with E-state index in [0.29, 0.717) is 5.56 Å². The minimum Gasteiger partial charge on any atom is -0.508 e. The predicted octanol–water partition coefficient (Wildman–Crippen LogP) is 2.47. The van der Waals surface area contributed by atoms with Crippen molar-refractivity contribution in [2.45, 2.75) is 0 Å². The maximum atomic E-state index is 12.8. The van der Waals surface area contributed by atoms with Gasteiger partial charge in [-0.05, 0) is 36.4 Å². The molecule has 0 spiro atoms. The minimum atomic E-state index is -0.607. The van der Waals surface area contributed by atoms with Crippen LogP contribution in [0.15, 0.2) is 42.5 Å². The summed E-state index contributed by atoms with van der Waals surface area (Å²) in [6.07, 6.45) is 0. The van der Waals surface area contributed by atoms with E-state index in [9.17, 15) is 14.3 Å². The van der Waals surface area contributed by atoms with Crippen LogP contribution < -0.4 is 0 Å². The molecule has 0 heterocycles. The van der Waals surface area contributed by atoms with E-state index >= 15 is 0 Å². The van der Waals surface area contributed by atoms with E-state index < -0.39 is 17.3 Å². The molecule has 0 aliphatic heterocycles. The Morgan fingerprint density at radius 1 is 1.00 bits per heavy atom. The third-order valence-electron chi connectivity index (χ3n) is 2.33. The van der Waals surface area contributed by atoms with Crippen molar-refractivity contribution in [2.75, 3.05) is 0 Å². The number of rotatable bonds is 2. The highest BCUT2D eigenvalue weighted by atomic mass is 19.1. The third-order valence-corrected chi connectivity index (χ3v) is 2.33. The first-order valence-corrected chi connectivity index (χ1v) is 4.90. The molecule has 0 saturated heterocycles. The average molecular weight is 232 g/mol. The second-order valence-corrected chi connectivity index (χ2v) is 3.54. The number of aromatic hydroxyl groups is 2. The number of phenols is 2. The topological polar surface area (TPSA) is 57.5 Å². The van der Waals surface area contributed by atoms with Gasteiger partial charge in [0.1, 0.15) is 17.3 Å². The lowest BCUT2D eigenvalue weighted by Gasteiger charge is -2.04. The van der Waals surface area contributed by atoms with Gasteiger partial charge in [0.05, 0.1) is 5.56 Å². The number of ketones is 1. The molecule has 0 saturated carbocycles. The Hall–Kier alpha value is -2.36. The van der Waals surface area contributed by atoms with Crippen molar-refractivity contribution in [1.82, 2.24) is 0 Å². The van der Waals surface area contributed by atoms with Gasteiger partial charge in [-0.3, -0.25) is 4.79 Å². The summed E-state index contributed by atoms with van der Waals surface area (Å²) >= 11 is 0. The second-order valence-electron chi connectivity index (χ2n) is 3.54. The Labute approximate surface area is 96.8 Å². The Morgan fingerprint density at radius 2 is 1.65 bits per heavy atom. The Bertz CT molecular complexity index is 561. The molecular formula is C13H9FO3. The van der Waals surface area contributed by atoms with Crippen LogP contribution in [0.25, 0.3) is 0 Å². The fourth-order valence-corrected chi connectivity index (χ4v) is 1.47. The Balaban J connectivity index is 2.40. The number of halogens is 1. The van der Waals surface area contributed by atoms with Gasteiger partial charge in [-0.25, -0.2) is 4.39 Å². The molecule has 0 unspecified atom stereocenters. The van der Waals surface area contributed by atoms with Gasteiger partial charge >= 0.3 is 0 Å². The van der Waals surface area contributed by atoms with Crippen LogP contribution in [-0.4, -0.2) is 16.0 Å². The first kappa shape index (κ1) is 11.1. The van der Waals surface area contributed by atoms with E-state index in [-0.39, 0.29) is 11.3 Å². The van der Waals surface area contributed by atoms with Gasteiger partial charge in [-0.15, -0.1) is 0 Å². The van der Waals surface area contributed by atoms with Gasteiger partial charge in [-0.1, -0.05) is 0 Å². The lowest BCUT2D eigenvalue weighted by Crippen LogP contribution is -2.01. The molecule has 3 nitrogen and oxygen atoms in total. The standard InChI is InChI=1S/C13H9FO3/c14-9-3-6-11(12(16)7-9)13(17)8-1-4-10(15)5-2-8/h1-7,15-16H. The van der Waals surface area contributed by atoms with Crippen LogP contribution >= 0.6 is 0 Å². The number of carbonyl (C=O) groups is 1. The Morgan fingerprint density at radius 3 is 2.24 bits per heavy atom. The molecule has 0 aliphatic rings. The van der Waals surface area contributed by atoms with Crippen molar-refractivity contribution in [2.24, 2.45) is 0 Å². The molecule has 2 aromatic carbocycles. The molecule has 86 valence electrons. The molecule has 2 aromatic rings. The van der Waals surface area contributed by atoms with E-state index in [1.807, 2.05) is 0 Å². The number of phenolic OH excluding ortho intramolecular Hbond substituents is 2. The summed E-state index contributed by atoms with van der Waals surface area (Å²) in [4.78, 5) is 11.9. The van der Waals surface area contributed by atoms with Crippen molar-refractivity contribution in [3.63, 3.8) is 0 Å². The fraction of sp³-hybridized carbons (Fsp3) is 0. The maximum Gasteiger partial charge on any atom is 0.196 e. The first-order valence-electron chi connectivity index (χ1n) is 4.90. The smallest absolute Gasteiger partial charge is 0.196 e. The summed E-state index contributed by atoms with van der Waals surface area (Å²) in [5.41, 5.74) is 0.335. The minimum absolute atomic E-state index is 0.0251. The van der Waals surface area contributed by atoms with E-state index in [4.69, 9.17) is 5.11 Å². The van der Waals surface area contributed by atoms with Crippen LogP contribution in [0, 0.1) is 5.82 Å². The molecule has 0 radical (unpaired) electrons. The normalized spacial score (nSPS) is 10.2. The molecule has 2 N–H and O–H groups in total. The van der Waals surface area contributed by atoms with Gasteiger partial charge in [0.25, 0.3) is 0 Å². The fourth-order valence-electron chi connectivity index (χ4n) is 1.47. The third kappa shape index (κ3) is 2.25. The van der Waals surface area contributed by atoms with Crippen LogP contribution in [0.2, 0.25) is 0 Å². The van der Waals surface area contributed by atoms with E-state index in [1.54, 1.807) is 0 Å². The summed E-state index contributed by atoms with van der Waals surface area (Å²) in [6.45, 7) is 0. The number of hydrogen-bond acceptors (Lipinski definition) is 3. The SMILES string of the molecule is O=C(c1ccc(O)cc1)c1ccc(F)cc1O. The molecule has 2 rings (SSSR count). The van der Waals surface area contributed by atoms with E-state index in [0.717, 1.165) is 12.1 Å². The van der Waals surface area contributed by atoms with Crippen molar-refractivity contribution < 1.29 is 19.4 Å². The van der Waals surface area contributed by atoms with Gasteiger partial charge in [0.15, 0.2) is 5.78 Å². The zero-order valence-corrected chi connectivity index (χ0v) is 8.72. The summed E-state index contributed by atoms with van der Waals surface area (Å²) in [5, 5.41) is 18.6. The molecule has 0 bridgehead atoms. The summed E-state index contributed by atoms with van der Waals surface area (Å²) in [7, 11) is 0. The first-order chi connectivity index (χ1) is 8.08. The number of carbonyl (C=O) groups excluding carboxylic acids is 1. The van der Waals surface area contributed by atoms with Crippen molar-refractivity contribution in [3.8, 4) is 11.5 Å². The van der Waals surface area contributed by atoms with E-state index in [2.05, 4.69) is 0 Å². The molecular weight excluding hydrogens is 223 g/mol.